The van der Waals surface area contributed by atoms with Crippen molar-refractivity contribution in [2.45, 2.75) is 12.8 Å². The van der Waals surface area contributed by atoms with Crippen LogP contribution in [0.5, 0.6) is 5.75 Å². The lowest BCUT2D eigenvalue weighted by Crippen LogP contribution is -2.46. The van der Waals surface area contributed by atoms with Gasteiger partial charge in [-0.1, -0.05) is 0 Å². The van der Waals surface area contributed by atoms with Gasteiger partial charge in [-0.25, -0.2) is 5.01 Å². The van der Waals surface area contributed by atoms with Crippen LogP contribution in [0.4, 0.5) is 10.7 Å². The Morgan fingerprint density at radius 1 is 1.33 bits per heavy atom. The van der Waals surface area contributed by atoms with Crippen molar-refractivity contribution >= 4 is 27.8 Å². The van der Waals surface area contributed by atoms with Crippen LogP contribution in [0.3, 0.4) is 0 Å². The summed E-state index contributed by atoms with van der Waals surface area (Å²) in [6, 6.07) is 0. The Morgan fingerprint density at radius 3 is 2.57 bits per heavy atom. The number of nitrogens with zero attached hydrogens (tertiary/aromatic N) is 2. The fourth-order valence-corrected chi connectivity index (χ4v) is 3.62. The predicted molar refractivity (Wildman–Crippen MR) is 85.0 cm³/mol. The van der Waals surface area contributed by atoms with E-state index >= 15 is 0 Å². The third-order valence-electron chi connectivity index (χ3n) is 4.04. The largest absolute Gasteiger partial charge is 0.491 e. The molecule has 21 heavy (non-hydrogen) atoms. The van der Waals surface area contributed by atoms with E-state index in [1.165, 1.54) is 11.3 Å². The Labute approximate surface area is 128 Å². The summed E-state index contributed by atoms with van der Waals surface area (Å²) in [5.41, 5.74) is 9.95. The maximum absolute atomic E-state index is 12.3. The highest BCUT2D eigenvalue weighted by atomic mass is 32.1. The molecular weight excluding hydrogens is 288 g/mol. The first kappa shape index (κ1) is 14.6. The van der Waals surface area contributed by atoms with Gasteiger partial charge in [0.25, 0.3) is 0 Å². The average molecular weight is 310 g/mol. The number of hydrogen-bond acceptors (Lipinski definition) is 7. The van der Waals surface area contributed by atoms with E-state index in [1.807, 2.05) is 0 Å². The molecule has 2 heterocycles. The number of nitrogens with two attached hydrogens (primary N) is 1. The second kappa shape index (κ2) is 5.82. The highest BCUT2D eigenvalue weighted by molar-refractivity contribution is 7.19. The molecule has 3 rings (SSSR count). The first-order valence-corrected chi connectivity index (χ1v) is 8.12. The topological polar surface area (TPSA) is 70.8 Å². The second-order valence-electron chi connectivity index (χ2n) is 5.75. The molecule has 0 radical (unpaired) electrons. The number of ketones is 1. The van der Waals surface area contributed by atoms with Crippen LogP contribution in [0.1, 0.15) is 22.5 Å². The van der Waals surface area contributed by atoms with Crippen molar-refractivity contribution in [1.29, 1.82) is 0 Å². The molecule has 3 N–H and O–H groups in total. The van der Waals surface area contributed by atoms with E-state index < -0.39 is 0 Å². The number of anilines is 2. The number of nitrogen functional groups attached to an aromatic ring is 1. The summed E-state index contributed by atoms with van der Waals surface area (Å²) in [5.74, 6) is 0.942. The lowest BCUT2D eigenvalue weighted by Gasteiger charge is -2.32. The van der Waals surface area contributed by atoms with Crippen molar-refractivity contribution in [3.63, 3.8) is 0 Å². The minimum atomic E-state index is 0.169. The standard InChI is InChI=1S/C14H22N4O2S/c1-17-5-7-18(8-6-17)16-14-12(20-2)10(15)13(21-14)11(19)9-3-4-9/h9,16H,3-8,15H2,1-2H3. The maximum atomic E-state index is 12.3. The summed E-state index contributed by atoms with van der Waals surface area (Å²) < 4.78 is 5.40. The van der Waals surface area contributed by atoms with Gasteiger partial charge in [0.2, 0.25) is 0 Å². The maximum Gasteiger partial charge on any atom is 0.178 e. The molecule has 0 bridgehead atoms. The van der Waals surface area contributed by atoms with Gasteiger partial charge in [0.1, 0.15) is 5.00 Å². The first-order chi connectivity index (χ1) is 10.1. The van der Waals surface area contributed by atoms with Crippen LogP contribution >= 0.6 is 11.3 Å². The number of likely N-dealkylation sites (N-methyl/N-ethyl adjacent to an activating group) is 1. The van der Waals surface area contributed by atoms with Gasteiger partial charge in [-0.15, -0.1) is 11.3 Å². The van der Waals surface area contributed by atoms with Crippen LogP contribution in [0.25, 0.3) is 0 Å². The van der Waals surface area contributed by atoms with Gasteiger partial charge in [0.15, 0.2) is 11.5 Å². The summed E-state index contributed by atoms with van der Waals surface area (Å²) in [5, 5.41) is 2.99. The normalized spacial score (nSPS) is 20.5. The third kappa shape index (κ3) is 3.00. The molecule has 1 saturated carbocycles. The van der Waals surface area contributed by atoms with Crippen molar-refractivity contribution in [3.8, 4) is 5.75 Å². The Bertz CT molecular complexity index is 533. The molecule has 0 spiro atoms. The summed E-state index contributed by atoms with van der Waals surface area (Å²) in [7, 11) is 3.71. The quantitative estimate of drug-likeness (QED) is 0.803. The number of ether oxygens (including phenoxy) is 1. The molecule has 6 nitrogen and oxygen atoms in total. The minimum Gasteiger partial charge on any atom is -0.491 e. The molecule has 116 valence electrons. The molecule has 7 heteroatoms. The smallest absolute Gasteiger partial charge is 0.178 e. The van der Waals surface area contributed by atoms with Crippen LogP contribution in [-0.2, 0) is 0 Å². The zero-order chi connectivity index (χ0) is 15.0. The molecule has 1 aromatic heterocycles. The third-order valence-corrected chi connectivity index (χ3v) is 5.14. The second-order valence-corrected chi connectivity index (χ2v) is 6.77. The van der Waals surface area contributed by atoms with Gasteiger partial charge in [-0.05, 0) is 19.9 Å². The highest BCUT2D eigenvalue weighted by Crippen LogP contribution is 2.46. The fourth-order valence-electron chi connectivity index (χ4n) is 2.48. The highest BCUT2D eigenvalue weighted by Gasteiger charge is 2.34. The summed E-state index contributed by atoms with van der Waals surface area (Å²) in [6.45, 7) is 3.90. The number of hydrogen-bond donors (Lipinski definition) is 2. The molecule has 0 atom stereocenters. The van der Waals surface area contributed by atoms with Crippen LogP contribution in [0.2, 0.25) is 0 Å². The number of rotatable bonds is 5. The number of nitrogens with one attached hydrogen (secondary N) is 1. The van der Waals surface area contributed by atoms with Crippen molar-refractivity contribution in [1.82, 2.24) is 9.91 Å². The number of hydrazine groups is 1. The number of carbonyl (C=O) groups excluding carboxylic acids is 1. The van der Waals surface area contributed by atoms with Crippen LogP contribution in [0.15, 0.2) is 0 Å². The van der Waals surface area contributed by atoms with Gasteiger partial charge in [-0.3, -0.25) is 4.79 Å². The molecular formula is C14H22N4O2S. The number of methoxy groups -OCH3 is 1. The zero-order valence-corrected chi connectivity index (χ0v) is 13.3. The Hall–Kier alpha value is -1.31. The molecule has 0 unspecified atom stereocenters. The molecule has 0 aromatic carbocycles. The summed E-state index contributed by atoms with van der Waals surface area (Å²) in [4.78, 5) is 15.2. The van der Waals surface area contributed by atoms with Gasteiger partial charge in [0, 0.05) is 32.1 Å². The summed E-state index contributed by atoms with van der Waals surface area (Å²) >= 11 is 1.42. The minimum absolute atomic E-state index is 0.169. The SMILES string of the molecule is COc1c(NN2CCN(C)CC2)sc(C(=O)C2CC2)c1N. The van der Waals surface area contributed by atoms with E-state index in [9.17, 15) is 4.79 Å². The van der Waals surface area contributed by atoms with Crippen LogP contribution in [-0.4, -0.2) is 56.0 Å². The van der Waals surface area contributed by atoms with Crippen LogP contribution < -0.4 is 15.9 Å². The fraction of sp³-hybridized carbons (Fsp3) is 0.643. The van der Waals surface area contributed by atoms with Crippen molar-refractivity contribution in [3.05, 3.63) is 4.88 Å². The Balaban J connectivity index is 1.77. The van der Waals surface area contributed by atoms with Gasteiger partial charge >= 0.3 is 0 Å². The van der Waals surface area contributed by atoms with E-state index in [0.717, 1.165) is 44.0 Å². The van der Waals surface area contributed by atoms with E-state index in [4.69, 9.17) is 10.5 Å². The summed E-state index contributed by atoms with van der Waals surface area (Å²) in [6.07, 6.45) is 1.97. The van der Waals surface area contributed by atoms with Crippen molar-refractivity contribution in [2.24, 2.45) is 5.92 Å². The lowest BCUT2D eigenvalue weighted by atomic mass is 10.2. The first-order valence-electron chi connectivity index (χ1n) is 7.30. The molecule has 1 aromatic rings. The Morgan fingerprint density at radius 2 is 2.00 bits per heavy atom. The lowest BCUT2D eigenvalue weighted by molar-refractivity contribution is 0.0972. The zero-order valence-electron chi connectivity index (χ0n) is 12.5. The molecule has 1 saturated heterocycles. The number of carbonyl (C=O) groups is 1. The van der Waals surface area contributed by atoms with Gasteiger partial charge in [0.05, 0.1) is 17.7 Å². The van der Waals surface area contributed by atoms with Gasteiger partial charge in [-0.2, -0.15) is 0 Å². The average Bonchev–Trinajstić information content (AvgIpc) is 3.27. The number of Topliss-reactive ketones (excluding diaryl/α,β-unsaturated/α-hetero) is 1. The molecule has 1 aliphatic carbocycles. The Kier molecular flexibility index (Phi) is 4.05. The predicted octanol–water partition coefficient (Wildman–Crippen LogP) is 1.51. The van der Waals surface area contributed by atoms with Crippen molar-refractivity contribution in [2.75, 3.05) is 51.5 Å². The van der Waals surface area contributed by atoms with E-state index in [1.54, 1.807) is 7.11 Å². The monoisotopic (exact) mass is 310 g/mol. The number of thiophene rings is 1. The van der Waals surface area contributed by atoms with Crippen LogP contribution in [0, 0.1) is 5.92 Å². The van der Waals surface area contributed by atoms with Crippen molar-refractivity contribution < 1.29 is 9.53 Å². The molecule has 0 amide bonds. The molecule has 1 aliphatic heterocycles. The van der Waals surface area contributed by atoms with Gasteiger partial charge < -0.3 is 20.8 Å². The molecule has 2 fully saturated rings. The molecule has 2 aliphatic rings. The van der Waals surface area contributed by atoms with E-state index in [2.05, 4.69) is 22.4 Å². The van der Waals surface area contributed by atoms with E-state index in [0.29, 0.717) is 16.3 Å². The van der Waals surface area contributed by atoms with E-state index in [-0.39, 0.29) is 11.7 Å². The number of piperazine rings is 1.